The van der Waals surface area contributed by atoms with Crippen LogP contribution in [-0.2, 0) is 0 Å². The molecular formula is C49H41N3. The lowest BCUT2D eigenvalue weighted by atomic mass is 9.82. The molecular weight excluding hydrogens is 631 g/mol. The molecule has 6 aromatic rings. The van der Waals surface area contributed by atoms with E-state index in [-0.39, 0.29) is 18.2 Å². The van der Waals surface area contributed by atoms with Gasteiger partial charge in [-0.2, -0.15) is 0 Å². The van der Waals surface area contributed by atoms with E-state index in [9.17, 15) is 0 Å². The molecule has 2 aliphatic carbocycles. The summed E-state index contributed by atoms with van der Waals surface area (Å²) in [6.07, 6.45) is 14.3. The van der Waals surface area contributed by atoms with Gasteiger partial charge >= 0.3 is 0 Å². The van der Waals surface area contributed by atoms with Crippen LogP contribution in [0, 0.1) is 0 Å². The minimum absolute atomic E-state index is 0.104. The zero-order valence-electron chi connectivity index (χ0n) is 29.1. The molecule has 0 aromatic heterocycles. The summed E-state index contributed by atoms with van der Waals surface area (Å²) < 4.78 is 0. The smallest absolute Gasteiger partial charge is 0.131 e. The van der Waals surface area contributed by atoms with Crippen molar-refractivity contribution in [3.8, 4) is 11.1 Å². The van der Waals surface area contributed by atoms with E-state index in [4.69, 9.17) is 4.99 Å². The summed E-state index contributed by atoms with van der Waals surface area (Å²) >= 11 is 0. The molecule has 3 aliphatic rings. The molecule has 1 aliphatic heterocycles. The molecule has 0 spiro atoms. The van der Waals surface area contributed by atoms with Crippen LogP contribution < -0.4 is 10.6 Å². The number of hydrogen-bond acceptors (Lipinski definition) is 3. The molecule has 0 radical (unpaired) electrons. The van der Waals surface area contributed by atoms with Gasteiger partial charge in [0.2, 0.25) is 0 Å². The Morgan fingerprint density at radius 2 is 1.33 bits per heavy atom. The van der Waals surface area contributed by atoms with Crippen LogP contribution in [0.1, 0.15) is 59.2 Å². The molecule has 3 unspecified atom stereocenters. The number of hydrogen-bond donors (Lipinski definition) is 2. The van der Waals surface area contributed by atoms with Crippen molar-refractivity contribution < 1.29 is 0 Å². The van der Waals surface area contributed by atoms with Gasteiger partial charge in [0, 0.05) is 11.5 Å². The van der Waals surface area contributed by atoms with Gasteiger partial charge in [-0.25, -0.2) is 4.99 Å². The van der Waals surface area contributed by atoms with E-state index < -0.39 is 0 Å². The zero-order valence-corrected chi connectivity index (χ0v) is 29.1. The number of amidine groups is 1. The van der Waals surface area contributed by atoms with Crippen molar-refractivity contribution in [1.29, 1.82) is 0 Å². The first-order chi connectivity index (χ1) is 25.7. The second kappa shape index (κ2) is 14.3. The summed E-state index contributed by atoms with van der Waals surface area (Å²) in [6, 6.07) is 54.6. The molecule has 0 saturated carbocycles. The van der Waals surface area contributed by atoms with Crippen molar-refractivity contribution in [2.75, 3.05) is 0 Å². The number of nitrogens with one attached hydrogen (secondary N) is 2. The molecule has 6 aromatic carbocycles. The van der Waals surface area contributed by atoms with Gasteiger partial charge in [0.1, 0.15) is 18.2 Å². The molecule has 0 bridgehead atoms. The average molecular weight is 672 g/mol. The maximum absolute atomic E-state index is 5.44. The molecule has 3 atom stereocenters. The molecule has 3 nitrogen and oxygen atoms in total. The Hall–Kier alpha value is -6.03. The minimum atomic E-state index is -0.202. The van der Waals surface area contributed by atoms with Crippen molar-refractivity contribution in [2.24, 2.45) is 4.99 Å². The largest absolute Gasteiger partial charge is 0.350 e. The van der Waals surface area contributed by atoms with Crippen molar-refractivity contribution in [3.05, 3.63) is 215 Å². The summed E-state index contributed by atoms with van der Waals surface area (Å²) in [6.45, 7) is 0. The highest BCUT2D eigenvalue weighted by Crippen LogP contribution is 2.38. The topological polar surface area (TPSA) is 36.4 Å². The van der Waals surface area contributed by atoms with Crippen LogP contribution in [0.4, 0.5) is 0 Å². The van der Waals surface area contributed by atoms with Gasteiger partial charge in [0.15, 0.2) is 0 Å². The fraction of sp³-hybridized carbons (Fsp3) is 0.122. The maximum Gasteiger partial charge on any atom is 0.131 e. The number of aliphatic imine (C=N–C) groups is 1. The fourth-order valence-corrected chi connectivity index (χ4v) is 7.88. The van der Waals surface area contributed by atoms with Crippen LogP contribution in [0.25, 0.3) is 33.0 Å². The number of nitrogens with zero attached hydrogens (tertiary/aromatic N) is 1. The molecule has 0 saturated heterocycles. The van der Waals surface area contributed by atoms with E-state index in [1.807, 2.05) is 0 Å². The van der Waals surface area contributed by atoms with E-state index in [2.05, 4.69) is 193 Å². The Balaban J connectivity index is 1.09. The number of benzene rings is 6. The normalized spacial score (nSPS) is 20.0. The van der Waals surface area contributed by atoms with Gasteiger partial charge < -0.3 is 5.32 Å². The van der Waals surface area contributed by atoms with Crippen molar-refractivity contribution in [2.45, 2.75) is 37.5 Å². The van der Waals surface area contributed by atoms with E-state index in [0.29, 0.717) is 0 Å². The Morgan fingerprint density at radius 1 is 0.615 bits per heavy atom. The Bertz CT molecular complexity index is 2380. The van der Waals surface area contributed by atoms with Crippen LogP contribution in [0.5, 0.6) is 0 Å². The minimum Gasteiger partial charge on any atom is -0.350 e. The molecule has 52 heavy (non-hydrogen) atoms. The molecule has 0 fully saturated rings. The number of rotatable bonds is 7. The van der Waals surface area contributed by atoms with Crippen molar-refractivity contribution in [3.63, 3.8) is 0 Å². The second-order valence-corrected chi connectivity index (χ2v) is 13.9. The summed E-state index contributed by atoms with van der Waals surface area (Å²) in [5, 5.41) is 10.2. The van der Waals surface area contributed by atoms with Crippen LogP contribution >= 0.6 is 0 Å². The zero-order chi connectivity index (χ0) is 34.7. The van der Waals surface area contributed by atoms with Crippen LogP contribution in [-0.4, -0.2) is 12.0 Å². The summed E-state index contributed by atoms with van der Waals surface area (Å²) in [5.74, 6) is 1.15. The third-order valence-electron chi connectivity index (χ3n) is 10.6. The van der Waals surface area contributed by atoms with E-state index in [1.165, 1.54) is 60.9 Å². The highest BCUT2D eigenvalue weighted by molar-refractivity contribution is 6.01. The first kappa shape index (κ1) is 31.9. The molecule has 252 valence electrons. The van der Waals surface area contributed by atoms with Gasteiger partial charge in [0.25, 0.3) is 0 Å². The molecule has 2 N–H and O–H groups in total. The Morgan fingerprint density at radius 3 is 2.12 bits per heavy atom. The third-order valence-corrected chi connectivity index (χ3v) is 10.6. The highest BCUT2D eigenvalue weighted by atomic mass is 15.3. The summed E-state index contributed by atoms with van der Waals surface area (Å²) in [4.78, 5) is 5.44. The molecule has 0 amide bonds. The van der Waals surface area contributed by atoms with E-state index in [1.54, 1.807) is 0 Å². The quantitative estimate of drug-likeness (QED) is 0.177. The lowest BCUT2D eigenvalue weighted by Gasteiger charge is -2.35. The SMILES string of the molecule is C1=CCCC(c2cccc3cc(-c4cccc(C5=NC(C6=CC(c7ccccc7)=CC(c7ccccc7)C6)NC(c6ccccc6)N5)c4)ccc23)=C1. The van der Waals surface area contributed by atoms with Crippen LogP contribution in [0.3, 0.4) is 0 Å². The van der Waals surface area contributed by atoms with Gasteiger partial charge in [-0.15, -0.1) is 0 Å². The van der Waals surface area contributed by atoms with Crippen LogP contribution in [0.2, 0.25) is 0 Å². The first-order valence-corrected chi connectivity index (χ1v) is 18.4. The predicted octanol–water partition coefficient (Wildman–Crippen LogP) is 11.4. The molecule has 1 heterocycles. The van der Waals surface area contributed by atoms with Crippen molar-refractivity contribution in [1.82, 2.24) is 10.6 Å². The third kappa shape index (κ3) is 6.59. The monoisotopic (exact) mass is 671 g/mol. The van der Waals surface area contributed by atoms with Crippen molar-refractivity contribution >= 4 is 27.8 Å². The van der Waals surface area contributed by atoms with Crippen LogP contribution in [0.15, 0.2) is 193 Å². The second-order valence-electron chi connectivity index (χ2n) is 13.9. The molecule has 9 rings (SSSR count). The lowest BCUT2D eigenvalue weighted by Crippen LogP contribution is -2.49. The van der Waals surface area contributed by atoms with Gasteiger partial charge in [-0.05, 0) is 92.3 Å². The average Bonchev–Trinajstić information content (AvgIpc) is 3.24. The number of fused-ring (bicyclic) bond motifs is 1. The van der Waals surface area contributed by atoms with Gasteiger partial charge in [-0.3, -0.25) is 5.32 Å². The van der Waals surface area contributed by atoms with Gasteiger partial charge in [-0.1, -0.05) is 170 Å². The Labute approximate surface area is 306 Å². The highest BCUT2D eigenvalue weighted by Gasteiger charge is 2.30. The fourth-order valence-electron chi connectivity index (χ4n) is 7.88. The summed E-state index contributed by atoms with van der Waals surface area (Å²) in [5.41, 5.74) is 12.4. The lowest BCUT2D eigenvalue weighted by molar-refractivity contribution is 0.423. The first-order valence-electron chi connectivity index (χ1n) is 18.4. The predicted molar refractivity (Wildman–Crippen MR) is 218 cm³/mol. The summed E-state index contributed by atoms with van der Waals surface area (Å²) in [7, 11) is 0. The van der Waals surface area contributed by atoms with E-state index >= 15 is 0 Å². The Kier molecular flexibility index (Phi) is 8.78. The number of allylic oxidation sites excluding steroid dienone is 7. The maximum atomic E-state index is 5.44. The van der Waals surface area contributed by atoms with E-state index in [0.717, 1.165) is 30.7 Å². The van der Waals surface area contributed by atoms with Gasteiger partial charge in [0.05, 0.1) is 0 Å². The standard InChI is InChI=1S/C49H41N3/c1-5-15-34(16-6-1)42-31-43(35-17-7-2-8-18-35)33-44(32-42)49-51-47(37-21-11-4-12-22-37)50-48(52-49)41-25-13-23-38(30-41)39-27-28-46-40(29-39)24-14-26-45(46)36-19-9-3-10-20-36/h1-9,11-19,21-32,43,47,49,51H,10,20,33H2,(H,50,52). The molecule has 3 heteroatoms.